The van der Waals surface area contributed by atoms with E-state index < -0.39 is 0 Å². The summed E-state index contributed by atoms with van der Waals surface area (Å²) in [6.45, 7) is 6.09. The largest absolute Gasteiger partial charge is 0.341 e. The lowest BCUT2D eigenvalue weighted by Crippen LogP contribution is -2.31. The Morgan fingerprint density at radius 1 is 0.906 bits per heavy atom. The van der Waals surface area contributed by atoms with Gasteiger partial charge >= 0.3 is 6.03 Å². The van der Waals surface area contributed by atoms with Crippen molar-refractivity contribution in [2.24, 2.45) is 0 Å². The minimum Gasteiger partial charge on any atom is -0.341 e. The van der Waals surface area contributed by atoms with Gasteiger partial charge in [-0.15, -0.1) is 0 Å². The first-order chi connectivity index (χ1) is 15.6. The summed E-state index contributed by atoms with van der Waals surface area (Å²) >= 11 is 0. The van der Waals surface area contributed by atoms with Crippen molar-refractivity contribution in [2.75, 3.05) is 33.9 Å². The van der Waals surface area contributed by atoms with Crippen LogP contribution in [-0.4, -0.2) is 29.1 Å². The van der Waals surface area contributed by atoms with Crippen LogP contribution >= 0.6 is 0 Å². The van der Waals surface area contributed by atoms with Gasteiger partial charge in [-0.2, -0.15) is 4.98 Å². The van der Waals surface area contributed by atoms with Crippen LogP contribution in [0.5, 0.6) is 0 Å². The van der Waals surface area contributed by atoms with Crippen LogP contribution in [0.4, 0.5) is 33.6 Å². The number of nitrogens with zero attached hydrogens (tertiary/aromatic N) is 3. The van der Waals surface area contributed by atoms with E-state index in [9.17, 15) is 4.79 Å². The molecule has 0 radical (unpaired) electrons. The van der Waals surface area contributed by atoms with Crippen molar-refractivity contribution in [1.29, 1.82) is 0 Å². The van der Waals surface area contributed by atoms with Gasteiger partial charge in [-0.25, -0.2) is 9.78 Å². The number of aryl methyl sites for hydroxylation is 2. The smallest absolute Gasteiger partial charge is 0.323 e. The van der Waals surface area contributed by atoms with E-state index >= 15 is 0 Å². The number of rotatable bonds is 6. The molecule has 1 aromatic heterocycles. The van der Waals surface area contributed by atoms with Gasteiger partial charge in [-0.3, -0.25) is 0 Å². The first-order valence-electron chi connectivity index (χ1n) is 11.2. The van der Waals surface area contributed by atoms with Crippen LogP contribution in [0, 0.1) is 6.92 Å². The molecule has 7 heteroatoms. The summed E-state index contributed by atoms with van der Waals surface area (Å²) in [6, 6.07) is 17.1. The summed E-state index contributed by atoms with van der Waals surface area (Å²) in [5.74, 6) is 1.56. The second-order valence-corrected chi connectivity index (χ2v) is 8.08. The number of anilines is 5. The highest BCUT2D eigenvalue weighted by Gasteiger charge is 2.14. The topological polar surface area (TPSA) is 82.2 Å². The number of carbonyl (C=O) groups excluding carboxylic acids is 1. The summed E-state index contributed by atoms with van der Waals surface area (Å²) < 4.78 is 0. The molecule has 4 rings (SSSR count). The normalized spacial score (nSPS) is 13.5. The van der Waals surface area contributed by atoms with Crippen LogP contribution in [0.25, 0.3) is 0 Å². The Bertz CT molecular complexity index is 1060. The molecule has 166 valence electrons. The average Bonchev–Trinajstić information content (AvgIpc) is 2.80. The summed E-state index contributed by atoms with van der Waals surface area (Å²) in [4.78, 5) is 23.9. The van der Waals surface area contributed by atoms with Gasteiger partial charge in [0.25, 0.3) is 0 Å². The maximum Gasteiger partial charge on any atom is 0.323 e. The van der Waals surface area contributed by atoms with E-state index in [4.69, 9.17) is 4.98 Å². The third kappa shape index (κ3) is 5.75. The molecule has 0 atom stereocenters. The van der Waals surface area contributed by atoms with Crippen LogP contribution in [0.15, 0.2) is 54.6 Å². The predicted molar refractivity (Wildman–Crippen MR) is 131 cm³/mol. The van der Waals surface area contributed by atoms with E-state index in [0.29, 0.717) is 5.69 Å². The summed E-state index contributed by atoms with van der Waals surface area (Å²) in [6.07, 6.45) is 4.58. The van der Waals surface area contributed by atoms with Gasteiger partial charge in [0.15, 0.2) is 0 Å². The summed E-state index contributed by atoms with van der Waals surface area (Å²) in [5.41, 5.74) is 4.51. The van der Waals surface area contributed by atoms with Gasteiger partial charge < -0.3 is 20.9 Å². The second-order valence-electron chi connectivity index (χ2n) is 8.08. The minimum absolute atomic E-state index is 0.267. The van der Waals surface area contributed by atoms with Crippen molar-refractivity contribution < 1.29 is 4.79 Å². The molecule has 32 heavy (non-hydrogen) atoms. The van der Waals surface area contributed by atoms with Crippen molar-refractivity contribution in [1.82, 2.24) is 9.97 Å². The van der Waals surface area contributed by atoms with Gasteiger partial charge in [-0.05, 0) is 74.6 Å². The third-order valence-electron chi connectivity index (χ3n) is 5.49. The van der Waals surface area contributed by atoms with E-state index in [0.717, 1.165) is 48.3 Å². The molecule has 3 aromatic rings. The molecule has 2 heterocycles. The zero-order valence-electron chi connectivity index (χ0n) is 18.7. The average molecular weight is 431 g/mol. The Labute approximate surface area is 189 Å². The van der Waals surface area contributed by atoms with E-state index in [2.05, 4.69) is 32.8 Å². The molecule has 3 N–H and O–H groups in total. The van der Waals surface area contributed by atoms with Gasteiger partial charge in [-0.1, -0.05) is 19.1 Å². The first kappa shape index (κ1) is 21.6. The van der Waals surface area contributed by atoms with Gasteiger partial charge in [0, 0.05) is 41.9 Å². The van der Waals surface area contributed by atoms with Gasteiger partial charge in [0.05, 0.1) is 0 Å². The number of benzene rings is 2. The fraction of sp³-hybridized carbons (Fsp3) is 0.320. The lowest BCUT2D eigenvalue weighted by atomic mass is 10.1. The zero-order valence-corrected chi connectivity index (χ0v) is 18.7. The molecule has 0 aliphatic carbocycles. The fourth-order valence-corrected chi connectivity index (χ4v) is 3.80. The van der Waals surface area contributed by atoms with E-state index in [1.54, 1.807) is 0 Å². The number of amides is 2. The highest BCUT2D eigenvalue weighted by atomic mass is 16.2. The maximum absolute atomic E-state index is 12.3. The van der Waals surface area contributed by atoms with Crippen LogP contribution < -0.4 is 20.9 Å². The van der Waals surface area contributed by atoms with Gasteiger partial charge in [0.1, 0.15) is 5.82 Å². The number of aromatic nitrogens is 2. The third-order valence-corrected chi connectivity index (χ3v) is 5.49. The molecule has 1 aliphatic heterocycles. The Morgan fingerprint density at radius 2 is 1.62 bits per heavy atom. The molecular formula is C25H30N6O. The van der Waals surface area contributed by atoms with Crippen LogP contribution in [0.1, 0.15) is 37.4 Å². The molecule has 1 fully saturated rings. The molecule has 0 spiro atoms. The quantitative estimate of drug-likeness (QED) is 0.465. The van der Waals surface area contributed by atoms with Crippen molar-refractivity contribution in [2.45, 2.75) is 39.5 Å². The van der Waals surface area contributed by atoms with Crippen LogP contribution in [-0.2, 0) is 6.42 Å². The number of urea groups is 1. The molecule has 0 bridgehead atoms. The van der Waals surface area contributed by atoms with Crippen LogP contribution in [0.3, 0.4) is 0 Å². The Kier molecular flexibility index (Phi) is 6.84. The first-order valence-corrected chi connectivity index (χ1v) is 11.2. The van der Waals surface area contributed by atoms with E-state index in [-0.39, 0.29) is 6.03 Å². The lowest BCUT2D eigenvalue weighted by Gasteiger charge is -2.27. The fourth-order valence-electron chi connectivity index (χ4n) is 3.80. The number of hydrogen-bond donors (Lipinski definition) is 3. The Balaban J connectivity index is 1.37. The summed E-state index contributed by atoms with van der Waals surface area (Å²) in [5, 5.41) is 9.10. The van der Waals surface area contributed by atoms with Gasteiger partial charge in [0.2, 0.25) is 5.95 Å². The number of nitrogens with one attached hydrogen (secondary N) is 3. The standard InChI is InChI=1S/C25H30N6O/c1-3-19-8-7-9-22(17-19)29-25(32)28-21-12-10-20(11-13-21)27-23-16-18(2)26-24(30-23)31-14-5-4-6-15-31/h7-13,16-17H,3-6,14-15H2,1-2H3,(H,26,27,30)(H2,28,29,32). The van der Waals surface area contributed by atoms with Crippen molar-refractivity contribution in [3.05, 3.63) is 65.9 Å². The van der Waals surface area contributed by atoms with E-state index in [1.165, 1.54) is 24.8 Å². The molecule has 0 unspecified atom stereocenters. The van der Waals surface area contributed by atoms with Crippen LogP contribution in [0.2, 0.25) is 0 Å². The van der Waals surface area contributed by atoms with Crippen molar-refractivity contribution in [3.8, 4) is 0 Å². The lowest BCUT2D eigenvalue weighted by molar-refractivity contribution is 0.262. The van der Waals surface area contributed by atoms with E-state index in [1.807, 2.05) is 61.5 Å². The summed E-state index contributed by atoms with van der Waals surface area (Å²) in [7, 11) is 0. The second kappa shape index (κ2) is 10.1. The number of carbonyl (C=O) groups is 1. The molecule has 2 amide bonds. The molecule has 2 aromatic carbocycles. The maximum atomic E-state index is 12.3. The number of hydrogen-bond acceptors (Lipinski definition) is 5. The highest BCUT2D eigenvalue weighted by Crippen LogP contribution is 2.22. The predicted octanol–water partition coefficient (Wildman–Crippen LogP) is 5.73. The molecule has 1 saturated heterocycles. The molecule has 0 saturated carbocycles. The molecular weight excluding hydrogens is 400 g/mol. The van der Waals surface area contributed by atoms with Crippen molar-refractivity contribution >= 4 is 34.9 Å². The highest BCUT2D eigenvalue weighted by molar-refractivity contribution is 5.99. The molecule has 7 nitrogen and oxygen atoms in total. The number of piperidine rings is 1. The Hall–Kier alpha value is -3.61. The van der Waals surface area contributed by atoms with Crippen molar-refractivity contribution in [3.63, 3.8) is 0 Å². The minimum atomic E-state index is -0.267. The SMILES string of the molecule is CCc1cccc(NC(=O)Nc2ccc(Nc3cc(C)nc(N4CCCCC4)n3)cc2)c1. The zero-order chi connectivity index (χ0) is 22.3. The molecule has 1 aliphatic rings. The monoisotopic (exact) mass is 430 g/mol. The Morgan fingerprint density at radius 3 is 2.38 bits per heavy atom.